The van der Waals surface area contributed by atoms with Gasteiger partial charge in [0.05, 0.1) is 12.3 Å². The second-order valence-corrected chi connectivity index (χ2v) is 4.27. The summed E-state index contributed by atoms with van der Waals surface area (Å²) >= 11 is 0. The van der Waals surface area contributed by atoms with Gasteiger partial charge in [0.2, 0.25) is 0 Å². The molecule has 110 valence electrons. The number of benzene rings is 1. The van der Waals surface area contributed by atoms with E-state index >= 15 is 0 Å². The van der Waals surface area contributed by atoms with Crippen LogP contribution in [0.4, 0.5) is 19.3 Å². The van der Waals surface area contributed by atoms with E-state index in [-0.39, 0.29) is 12.3 Å². The number of amides is 2. The van der Waals surface area contributed by atoms with Crippen molar-refractivity contribution in [2.75, 3.05) is 19.0 Å². The summed E-state index contributed by atoms with van der Waals surface area (Å²) in [4.78, 5) is 22.7. The molecule has 0 fully saturated rings. The van der Waals surface area contributed by atoms with Gasteiger partial charge in [-0.3, -0.25) is 0 Å². The van der Waals surface area contributed by atoms with Crippen LogP contribution in [0.25, 0.3) is 0 Å². The molecule has 0 heterocycles. The van der Waals surface area contributed by atoms with E-state index in [0.717, 1.165) is 12.1 Å². The van der Waals surface area contributed by atoms with Gasteiger partial charge in [-0.15, -0.1) is 0 Å². The molecule has 0 unspecified atom stereocenters. The Hall–Kier alpha value is -2.22. The molecule has 0 aliphatic carbocycles. The van der Waals surface area contributed by atoms with E-state index in [9.17, 15) is 18.4 Å². The smallest absolute Gasteiger partial charge is 0.331 e. The van der Waals surface area contributed by atoms with Gasteiger partial charge >= 0.3 is 12.0 Å². The Kier molecular flexibility index (Phi) is 4.98. The van der Waals surface area contributed by atoms with Crippen LogP contribution in [-0.2, 0) is 9.53 Å². The maximum Gasteiger partial charge on any atom is 0.331 e. The molecule has 6 nitrogen and oxygen atoms in total. The van der Waals surface area contributed by atoms with Crippen molar-refractivity contribution < 1.29 is 28.2 Å². The fourth-order valence-corrected chi connectivity index (χ4v) is 1.43. The van der Waals surface area contributed by atoms with Crippen molar-refractivity contribution >= 4 is 17.7 Å². The normalized spacial score (nSPS) is 13.4. The van der Waals surface area contributed by atoms with Gasteiger partial charge in [0.15, 0.2) is 5.54 Å². The largest absolute Gasteiger partial charge is 0.479 e. The number of carbonyl (C=O) groups excluding carboxylic acids is 1. The van der Waals surface area contributed by atoms with Gasteiger partial charge in [-0.2, -0.15) is 0 Å². The van der Waals surface area contributed by atoms with Crippen molar-refractivity contribution in [2.24, 2.45) is 0 Å². The highest BCUT2D eigenvalue weighted by Crippen LogP contribution is 2.15. The molecular weight excluding hydrogens is 274 g/mol. The number of anilines is 1. The summed E-state index contributed by atoms with van der Waals surface area (Å²) < 4.78 is 30.7. The Morgan fingerprint density at radius 1 is 1.40 bits per heavy atom. The standard InChI is InChI=1S/C12H14F2N2O4/c1-12(6-20-2,10(17)18)16-11(19)15-9-4-3-7(13)5-8(9)14/h3-5H,6H2,1-2H3,(H,17,18)(H2,15,16,19)/t12-/m1/s1. The number of nitrogens with one attached hydrogen (secondary N) is 2. The van der Waals surface area contributed by atoms with Gasteiger partial charge in [-0.25, -0.2) is 18.4 Å². The minimum Gasteiger partial charge on any atom is -0.479 e. The molecule has 0 bridgehead atoms. The van der Waals surface area contributed by atoms with E-state index in [0.29, 0.717) is 6.07 Å². The van der Waals surface area contributed by atoms with E-state index in [4.69, 9.17) is 9.84 Å². The van der Waals surface area contributed by atoms with Gasteiger partial charge in [-0.1, -0.05) is 0 Å². The molecule has 0 aliphatic heterocycles. The first-order valence-corrected chi connectivity index (χ1v) is 5.55. The Morgan fingerprint density at radius 3 is 2.55 bits per heavy atom. The summed E-state index contributed by atoms with van der Waals surface area (Å²) in [6.45, 7) is 0.959. The maximum absolute atomic E-state index is 13.3. The molecule has 8 heteroatoms. The third kappa shape index (κ3) is 3.89. The fourth-order valence-electron chi connectivity index (χ4n) is 1.43. The molecule has 2 amide bonds. The summed E-state index contributed by atoms with van der Waals surface area (Å²) in [5.74, 6) is -3.07. The molecule has 0 spiro atoms. The summed E-state index contributed by atoms with van der Waals surface area (Å²) in [6.07, 6.45) is 0. The third-order valence-corrected chi connectivity index (χ3v) is 2.47. The van der Waals surface area contributed by atoms with E-state index in [1.165, 1.54) is 14.0 Å². The summed E-state index contributed by atoms with van der Waals surface area (Å²) in [5.41, 5.74) is -1.94. The molecule has 3 N–H and O–H groups in total. The zero-order valence-electron chi connectivity index (χ0n) is 10.9. The number of rotatable bonds is 5. The topological polar surface area (TPSA) is 87.7 Å². The first-order chi connectivity index (χ1) is 9.28. The molecule has 0 aliphatic rings. The lowest BCUT2D eigenvalue weighted by Crippen LogP contribution is -2.56. The summed E-state index contributed by atoms with van der Waals surface area (Å²) in [5, 5.41) is 13.3. The molecule has 0 aromatic heterocycles. The molecule has 1 atom stereocenters. The van der Waals surface area contributed by atoms with Crippen LogP contribution >= 0.6 is 0 Å². The van der Waals surface area contributed by atoms with Crippen LogP contribution in [0, 0.1) is 11.6 Å². The quantitative estimate of drug-likeness (QED) is 0.767. The molecule has 1 aromatic rings. The van der Waals surface area contributed by atoms with E-state index < -0.39 is 29.2 Å². The van der Waals surface area contributed by atoms with Gasteiger partial charge in [0.25, 0.3) is 0 Å². The lowest BCUT2D eigenvalue weighted by atomic mass is 10.1. The molecular formula is C12H14F2N2O4. The first-order valence-electron chi connectivity index (χ1n) is 5.55. The molecule has 0 saturated carbocycles. The number of carbonyl (C=O) groups is 2. The van der Waals surface area contributed by atoms with Crippen LogP contribution in [0.2, 0.25) is 0 Å². The lowest BCUT2D eigenvalue weighted by molar-refractivity contribution is -0.145. The average molecular weight is 288 g/mol. The van der Waals surface area contributed by atoms with Crippen molar-refractivity contribution in [2.45, 2.75) is 12.5 Å². The Labute approximate surface area is 113 Å². The third-order valence-electron chi connectivity index (χ3n) is 2.47. The maximum atomic E-state index is 13.3. The molecule has 20 heavy (non-hydrogen) atoms. The molecule has 0 saturated heterocycles. The highest BCUT2D eigenvalue weighted by molar-refractivity contribution is 5.93. The van der Waals surface area contributed by atoms with E-state index in [2.05, 4.69) is 10.6 Å². The number of carboxylic acids is 1. The number of urea groups is 1. The molecule has 1 rings (SSSR count). The summed E-state index contributed by atoms with van der Waals surface area (Å²) in [7, 11) is 1.28. The van der Waals surface area contributed by atoms with Crippen molar-refractivity contribution in [1.82, 2.24) is 5.32 Å². The van der Waals surface area contributed by atoms with Crippen molar-refractivity contribution in [3.05, 3.63) is 29.8 Å². The highest BCUT2D eigenvalue weighted by atomic mass is 19.1. The van der Waals surface area contributed by atoms with Gasteiger partial charge in [-0.05, 0) is 19.1 Å². The van der Waals surface area contributed by atoms with Gasteiger partial charge < -0.3 is 20.5 Å². The zero-order chi connectivity index (χ0) is 15.3. The molecule has 1 aromatic carbocycles. The highest BCUT2D eigenvalue weighted by Gasteiger charge is 2.35. The second-order valence-electron chi connectivity index (χ2n) is 4.27. The number of aliphatic carboxylic acids is 1. The Morgan fingerprint density at radius 2 is 2.05 bits per heavy atom. The first kappa shape index (κ1) is 15.8. The predicted octanol–water partition coefficient (Wildman–Crippen LogP) is 1.58. The number of hydrogen-bond acceptors (Lipinski definition) is 3. The zero-order valence-corrected chi connectivity index (χ0v) is 10.9. The van der Waals surface area contributed by atoms with Crippen LogP contribution in [0.1, 0.15) is 6.92 Å². The lowest BCUT2D eigenvalue weighted by Gasteiger charge is -2.25. The minimum absolute atomic E-state index is 0.269. The number of halogens is 2. The van der Waals surface area contributed by atoms with Crippen LogP contribution in [0.15, 0.2) is 18.2 Å². The van der Waals surface area contributed by atoms with Crippen LogP contribution < -0.4 is 10.6 Å². The fraction of sp³-hybridized carbons (Fsp3) is 0.333. The number of ether oxygens (including phenoxy) is 1. The van der Waals surface area contributed by atoms with Crippen LogP contribution in [-0.4, -0.2) is 36.4 Å². The molecule has 0 radical (unpaired) electrons. The van der Waals surface area contributed by atoms with Gasteiger partial charge in [0.1, 0.15) is 11.6 Å². The SMILES string of the molecule is COC[C@@](C)(NC(=O)Nc1ccc(F)cc1F)C(=O)O. The van der Waals surface area contributed by atoms with Crippen molar-refractivity contribution in [1.29, 1.82) is 0 Å². The minimum atomic E-state index is -1.67. The van der Waals surface area contributed by atoms with Gasteiger partial charge in [0, 0.05) is 13.2 Å². The van der Waals surface area contributed by atoms with E-state index in [1.54, 1.807) is 0 Å². The van der Waals surface area contributed by atoms with Crippen LogP contribution in [0.3, 0.4) is 0 Å². The number of methoxy groups -OCH3 is 1. The van der Waals surface area contributed by atoms with Crippen molar-refractivity contribution in [3.8, 4) is 0 Å². The monoisotopic (exact) mass is 288 g/mol. The van der Waals surface area contributed by atoms with Crippen LogP contribution in [0.5, 0.6) is 0 Å². The average Bonchev–Trinajstić information content (AvgIpc) is 2.32. The second kappa shape index (κ2) is 6.29. The Balaban J connectivity index is 2.78. The number of hydrogen-bond donors (Lipinski definition) is 3. The number of carboxylic acid groups (broad SMARTS) is 1. The summed E-state index contributed by atoms with van der Waals surface area (Å²) in [6, 6.07) is 1.64. The Bertz CT molecular complexity index is 524. The van der Waals surface area contributed by atoms with E-state index in [1.807, 2.05) is 0 Å². The predicted molar refractivity (Wildman–Crippen MR) is 66.4 cm³/mol. The van der Waals surface area contributed by atoms with Crippen molar-refractivity contribution in [3.63, 3.8) is 0 Å².